The van der Waals surface area contributed by atoms with Crippen LogP contribution in [0.25, 0.3) is 0 Å². The van der Waals surface area contributed by atoms with Gasteiger partial charge in [0.15, 0.2) is 4.34 Å². The molecule has 0 atom stereocenters. The van der Waals surface area contributed by atoms with Gasteiger partial charge < -0.3 is 5.32 Å². The van der Waals surface area contributed by atoms with Gasteiger partial charge in [-0.2, -0.15) is 4.37 Å². The SMILES string of the molecule is CCNCc1ccc(Sc2nc(C)ns2)c(F)c1. The first-order valence-electron chi connectivity index (χ1n) is 5.66. The van der Waals surface area contributed by atoms with Crippen molar-refractivity contribution in [2.45, 2.75) is 29.6 Å². The molecule has 2 rings (SSSR count). The minimum Gasteiger partial charge on any atom is -0.313 e. The van der Waals surface area contributed by atoms with Crippen molar-refractivity contribution < 1.29 is 4.39 Å². The van der Waals surface area contributed by atoms with Gasteiger partial charge in [0.25, 0.3) is 0 Å². The summed E-state index contributed by atoms with van der Waals surface area (Å²) in [6.07, 6.45) is 0. The lowest BCUT2D eigenvalue weighted by Crippen LogP contribution is -2.11. The summed E-state index contributed by atoms with van der Waals surface area (Å²) in [6.45, 7) is 5.42. The zero-order valence-electron chi connectivity index (χ0n) is 10.2. The monoisotopic (exact) mass is 283 g/mol. The molecule has 0 saturated heterocycles. The van der Waals surface area contributed by atoms with Gasteiger partial charge in [0, 0.05) is 6.54 Å². The predicted octanol–water partition coefficient (Wildman–Crippen LogP) is 3.25. The summed E-state index contributed by atoms with van der Waals surface area (Å²) in [5, 5.41) is 3.17. The molecule has 18 heavy (non-hydrogen) atoms. The molecule has 96 valence electrons. The zero-order chi connectivity index (χ0) is 13.0. The van der Waals surface area contributed by atoms with Gasteiger partial charge in [-0.1, -0.05) is 24.8 Å². The summed E-state index contributed by atoms with van der Waals surface area (Å²) >= 11 is 2.61. The Kier molecular flexibility index (Phi) is 4.68. The van der Waals surface area contributed by atoms with E-state index in [4.69, 9.17) is 0 Å². The zero-order valence-corrected chi connectivity index (χ0v) is 11.9. The predicted molar refractivity (Wildman–Crippen MR) is 72.5 cm³/mol. The highest BCUT2D eigenvalue weighted by Crippen LogP contribution is 2.31. The molecule has 0 aliphatic rings. The number of hydrogen-bond donors (Lipinski definition) is 1. The molecular formula is C12H14FN3S2. The Labute approximate surface area is 114 Å². The number of nitrogens with one attached hydrogen (secondary N) is 1. The van der Waals surface area contributed by atoms with Crippen molar-refractivity contribution in [3.05, 3.63) is 35.4 Å². The average Bonchev–Trinajstić information content (AvgIpc) is 2.75. The lowest BCUT2D eigenvalue weighted by molar-refractivity contribution is 0.596. The van der Waals surface area contributed by atoms with E-state index in [0.717, 1.165) is 22.3 Å². The van der Waals surface area contributed by atoms with Crippen LogP contribution >= 0.6 is 23.3 Å². The van der Waals surface area contributed by atoms with Crippen molar-refractivity contribution in [3.63, 3.8) is 0 Å². The Hall–Kier alpha value is -0.980. The Bertz CT molecular complexity index is 528. The van der Waals surface area contributed by atoms with E-state index in [2.05, 4.69) is 14.7 Å². The quantitative estimate of drug-likeness (QED) is 0.914. The van der Waals surface area contributed by atoms with Crippen molar-refractivity contribution in [3.8, 4) is 0 Å². The average molecular weight is 283 g/mol. The van der Waals surface area contributed by atoms with Crippen LogP contribution in [0.1, 0.15) is 18.3 Å². The maximum atomic E-state index is 13.9. The third-order valence-electron chi connectivity index (χ3n) is 2.28. The largest absolute Gasteiger partial charge is 0.313 e. The van der Waals surface area contributed by atoms with Crippen LogP contribution in [0.3, 0.4) is 0 Å². The molecule has 0 aliphatic heterocycles. The van der Waals surface area contributed by atoms with E-state index in [9.17, 15) is 4.39 Å². The van der Waals surface area contributed by atoms with Gasteiger partial charge in [-0.3, -0.25) is 0 Å². The summed E-state index contributed by atoms with van der Waals surface area (Å²) in [6, 6.07) is 5.30. The van der Waals surface area contributed by atoms with Crippen molar-refractivity contribution >= 4 is 23.3 Å². The van der Waals surface area contributed by atoms with Gasteiger partial charge in [-0.15, -0.1) is 0 Å². The molecule has 6 heteroatoms. The normalized spacial score (nSPS) is 10.8. The van der Waals surface area contributed by atoms with E-state index in [0.29, 0.717) is 11.4 Å². The summed E-state index contributed by atoms with van der Waals surface area (Å²) in [7, 11) is 0. The molecule has 1 N–H and O–H groups in total. The van der Waals surface area contributed by atoms with E-state index < -0.39 is 0 Å². The number of hydrogen-bond acceptors (Lipinski definition) is 5. The molecule has 3 nitrogen and oxygen atoms in total. The third-order valence-corrected chi connectivity index (χ3v) is 4.18. The summed E-state index contributed by atoms with van der Waals surface area (Å²) in [5.74, 6) is 0.523. The fraction of sp³-hybridized carbons (Fsp3) is 0.333. The van der Waals surface area contributed by atoms with Crippen LogP contribution in [0.5, 0.6) is 0 Å². The topological polar surface area (TPSA) is 37.8 Å². The van der Waals surface area contributed by atoms with Crippen LogP contribution in [-0.4, -0.2) is 15.9 Å². The molecule has 0 aliphatic carbocycles. The van der Waals surface area contributed by atoms with Gasteiger partial charge in [0.1, 0.15) is 11.6 Å². The molecule has 0 amide bonds. The second kappa shape index (κ2) is 6.26. The van der Waals surface area contributed by atoms with Crippen LogP contribution in [0.2, 0.25) is 0 Å². The molecule has 0 bridgehead atoms. The molecule has 0 spiro atoms. The molecular weight excluding hydrogens is 269 g/mol. The van der Waals surface area contributed by atoms with E-state index in [-0.39, 0.29) is 5.82 Å². The minimum atomic E-state index is -0.205. The Morgan fingerprint density at radius 1 is 1.44 bits per heavy atom. The summed E-state index contributed by atoms with van der Waals surface area (Å²) in [5.41, 5.74) is 0.951. The molecule has 0 fully saturated rings. The standard InChI is InChI=1S/C12H14FN3S2/c1-3-14-7-9-4-5-11(10(13)6-9)17-12-15-8(2)16-18-12/h4-6,14H,3,7H2,1-2H3. The molecule has 0 unspecified atom stereocenters. The Morgan fingerprint density at radius 3 is 2.89 bits per heavy atom. The minimum absolute atomic E-state index is 0.205. The van der Waals surface area contributed by atoms with Gasteiger partial charge >= 0.3 is 0 Å². The highest BCUT2D eigenvalue weighted by Gasteiger charge is 2.08. The first kappa shape index (κ1) is 13.5. The number of rotatable bonds is 5. The molecule has 0 radical (unpaired) electrons. The van der Waals surface area contributed by atoms with Crippen molar-refractivity contribution in [2.75, 3.05) is 6.54 Å². The highest BCUT2D eigenvalue weighted by atomic mass is 32.2. The van der Waals surface area contributed by atoms with Gasteiger partial charge in [0.2, 0.25) is 0 Å². The lowest BCUT2D eigenvalue weighted by Gasteiger charge is -2.05. The Balaban J connectivity index is 2.09. The Morgan fingerprint density at radius 2 is 2.28 bits per heavy atom. The smallest absolute Gasteiger partial charge is 0.174 e. The second-order valence-electron chi connectivity index (χ2n) is 3.75. The molecule has 0 saturated carbocycles. The van der Waals surface area contributed by atoms with E-state index >= 15 is 0 Å². The third kappa shape index (κ3) is 3.51. The highest BCUT2D eigenvalue weighted by molar-refractivity contribution is 8.01. The number of halogens is 1. The van der Waals surface area contributed by atoms with E-state index in [1.54, 1.807) is 12.1 Å². The molecule has 1 heterocycles. The van der Waals surface area contributed by atoms with Crippen LogP contribution in [0, 0.1) is 12.7 Å². The van der Waals surface area contributed by atoms with Crippen LogP contribution in [-0.2, 0) is 6.54 Å². The lowest BCUT2D eigenvalue weighted by atomic mass is 10.2. The van der Waals surface area contributed by atoms with Crippen LogP contribution < -0.4 is 5.32 Å². The van der Waals surface area contributed by atoms with Gasteiger partial charge in [-0.25, -0.2) is 9.37 Å². The molecule has 2 aromatic rings. The van der Waals surface area contributed by atoms with E-state index in [1.165, 1.54) is 23.3 Å². The fourth-order valence-corrected chi connectivity index (χ4v) is 3.03. The van der Waals surface area contributed by atoms with Crippen molar-refractivity contribution in [1.82, 2.24) is 14.7 Å². The number of aromatic nitrogens is 2. The number of benzene rings is 1. The maximum Gasteiger partial charge on any atom is 0.174 e. The van der Waals surface area contributed by atoms with E-state index in [1.807, 2.05) is 19.9 Å². The fourth-order valence-electron chi connectivity index (χ4n) is 1.42. The first-order valence-corrected chi connectivity index (χ1v) is 7.25. The van der Waals surface area contributed by atoms with Crippen molar-refractivity contribution in [1.29, 1.82) is 0 Å². The molecule has 1 aromatic heterocycles. The van der Waals surface area contributed by atoms with Crippen LogP contribution in [0.4, 0.5) is 4.39 Å². The summed E-state index contributed by atoms with van der Waals surface area (Å²) in [4.78, 5) is 4.80. The van der Waals surface area contributed by atoms with Gasteiger partial charge in [0.05, 0.1) is 4.90 Å². The number of aryl methyl sites for hydroxylation is 1. The maximum absolute atomic E-state index is 13.9. The second-order valence-corrected chi connectivity index (χ2v) is 5.80. The van der Waals surface area contributed by atoms with Crippen LogP contribution in [0.15, 0.2) is 27.4 Å². The summed E-state index contributed by atoms with van der Waals surface area (Å²) < 4.78 is 18.7. The molecule has 1 aromatic carbocycles. The van der Waals surface area contributed by atoms with Crippen molar-refractivity contribution in [2.24, 2.45) is 0 Å². The van der Waals surface area contributed by atoms with Gasteiger partial charge in [-0.05, 0) is 42.7 Å². The number of nitrogens with zero attached hydrogens (tertiary/aromatic N) is 2. The first-order chi connectivity index (χ1) is 8.69.